The number of aromatic nitrogens is 3. The van der Waals surface area contributed by atoms with Gasteiger partial charge in [0.05, 0.1) is 15.2 Å². The lowest BCUT2D eigenvalue weighted by atomic mass is 9.97. The molecule has 0 bridgehead atoms. The Morgan fingerprint density at radius 1 is 1.07 bits per heavy atom. The van der Waals surface area contributed by atoms with Crippen molar-refractivity contribution in [1.29, 1.82) is 0 Å². The fourth-order valence-electron chi connectivity index (χ4n) is 3.92. The number of amides is 1. The summed E-state index contributed by atoms with van der Waals surface area (Å²) in [6, 6.07) is 18.0. The Balaban J connectivity index is 1.34. The number of hydrogen-bond donors (Lipinski definition) is 1. The first-order valence-electron chi connectivity index (χ1n) is 9.71. The SMILES string of the molecule is O=C(c1c[nH]c(=S)n1-c1ccccc1)N1CCC(c2nc3ccccc3s2)CC1. The summed E-state index contributed by atoms with van der Waals surface area (Å²) in [7, 11) is 0. The average molecular weight is 421 g/mol. The van der Waals surface area contributed by atoms with E-state index in [4.69, 9.17) is 17.2 Å². The number of piperidine rings is 1. The lowest BCUT2D eigenvalue weighted by molar-refractivity contribution is 0.0704. The molecule has 4 aromatic rings. The van der Waals surface area contributed by atoms with Crippen LogP contribution in [0.5, 0.6) is 0 Å². The number of thiazole rings is 1. The molecule has 0 unspecified atom stereocenters. The maximum atomic E-state index is 13.2. The number of nitrogens with one attached hydrogen (secondary N) is 1. The van der Waals surface area contributed by atoms with E-state index in [2.05, 4.69) is 23.2 Å². The van der Waals surface area contributed by atoms with Gasteiger partial charge in [0.25, 0.3) is 5.91 Å². The monoisotopic (exact) mass is 420 g/mol. The maximum absolute atomic E-state index is 13.2. The minimum Gasteiger partial charge on any atom is -0.337 e. The number of fused-ring (bicyclic) bond motifs is 1. The van der Waals surface area contributed by atoms with Crippen LogP contribution in [0.4, 0.5) is 0 Å². The Labute approximate surface area is 177 Å². The van der Waals surface area contributed by atoms with Crippen molar-refractivity contribution in [1.82, 2.24) is 19.4 Å². The second kappa shape index (κ2) is 7.57. The van der Waals surface area contributed by atoms with Gasteiger partial charge >= 0.3 is 0 Å². The summed E-state index contributed by atoms with van der Waals surface area (Å²) in [6.45, 7) is 1.46. The van der Waals surface area contributed by atoms with Crippen molar-refractivity contribution in [2.24, 2.45) is 0 Å². The van der Waals surface area contributed by atoms with Crippen molar-refractivity contribution in [3.63, 3.8) is 0 Å². The Morgan fingerprint density at radius 2 is 1.79 bits per heavy atom. The highest BCUT2D eigenvalue weighted by Crippen LogP contribution is 2.34. The zero-order valence-electron chi connectivity index (χ0n) is 15.7. The van der Waals surface area contributed by atoms with Crippen LogP contribution in [0.1, 0.15) is 34.3 Å². The van der Waals surface area contributed by atoms with E-state index in [1.807, 2.05) is 45.9 Å². The van der Waals surface area contributed by atoms with Gasteiger partial charge in [-0.15, -0.1) is 11.3 Å². The van der Waals surface area contributed by atoms with Crippen LogP contribution in [0.15, 0.2) is 60.8 Å². The summed E-state index contributed by atoms with van der Waals surface area (Å²) in [5, 5.41) is 1.19. The first-order chi connectivity index (χ1) is 14.2. The second-order valence-electron chi connectivity index (χ2n) is 7.24. The molecular weight excluding hydrogens is 400 g/mol. The fourth-order valence-corrected chi connectivity index (χ4v) is 5.31. The summed E-state index contributed by atoms with van der Waals surface area (Å²) in [6.07, 6.45) is 3.58. The van der Waals surface area contributed by atoms with Crippen LogP contribution in [0.3, 0.4) is 0 Å². The van der Waals surface area contributed by atoms with Crippen molar-refractivity contribution in [3.05, 3.63) is 76.3 Å². The van der Waals surface area contributed by atoms with Crippen molar-refractivity contribution in [2.45, 2.75) is 18.8 Å². The number of H-pyrrole nitrogens is 1. The van der Waals surface area contributed by atoms with E-state index in [1.165, 1.54) is 9.71 Å². The summed E-state index contributed by atoms with van der Waals surface area (Å²) in [4.78, 5) is 23.0. The predicted octanol–water partition coefficient (Wildman–Crippen LogP) is 5.16. The first kappa shape index (κ1) is 18.3. The highest BCUT2D eigenvalue weighted by Gasteiger charge is 2.28. The van der Waals surface area contributed by atoms with Gasteiger partial charge in [-0.05, 0) is 49.3 Å². The molecular formula is C22H20N4OS2. The van der Waals surface area contributed by atoms with Crippen LogP contribution in [-0.4, -0.2) is 38.4 Å². The van der Waals surface area contributed by atoms with Crippen LogP contribution in [0, 0.1) is 4.77 Å². The third-order valence-electron chi connectivity index (χ3n) is 5.45. The highest BCUT2D eigenvalue weighted by atomic mass is 32.1. The van der Waals surface area contributed by atoms with Gasteiger partial charge in [-0.1, -0.05) is 30.3 Å². The van der Waals surface area contributed by atoms with Gasteiger partial charge in [-0.3, -0.25) is 9.36 Å². The van der Waals surface area contributed by atoms with Gasteiger partial charge in [-0.25, -0.2) is 4.98 Å². The average Bonchev–Trinajstić information content (AvgIpc) is 3.37. The van der Waals surface area contributed by atoms with Gasteiger partial charge in [0.1, 0.15) is 5.69 Å². The zero-order chi connectivity index (χ0) is 19.8. The molecule has 1 saturated heterocycles. The number of hydrogen-bond acceptors (Lipinski definition) is 4. The zero-order valence-corrected chi connectivity index (χ0v) is 17.4. The van der Waals surface area contributed by atoms with Crippen LogP contribution < -0.4 is 0 Å². The van der Waals surface area contributed by atoms with Gasteiger partial charge in [-0.2, -0.15) is 0 Å². The van der Waals surface area contributed by atoms with Crippen LogP contribution in [-0.2, 0) is 0 Å². The van der Waals surface area contributed by atoms with Crippen molar-refractivity contribution in [3.8, 4) is 5.69 Å². The summed E-state index contributed by atoms with van der Waals surface area (Å²) in [5.74, 6) is 0.433. The molecule has 29 heavy (non-hydrogen) atoms. The third-order valence-corrected chi connectivity index (χ3v) is 6.95. The molecule has 0 aliphatic carbocycles. The maximum Gasteiger partial charge on any atom is 0.272 e. The standard InChI is InChI=1S/C22H20N4OS2/c27-21(18-14-23-22(28)26(18)16-6-2-1-3-7-16)25-12-10-15(11-13-25)20-24-17-8-4-5-9-19(17)29-20/h1-9,14-15H,10-13H2,(H,23,28). The number of nitrogens with zero attached hydrogens (tertiary/aromatic N) is 3. The summed E-state index contributed by atoms with van der Waals surface area (Å²) < 4.78 is 3.58. The number of rotatable bonds is 3. The smallest absolute Gasteiger partial charge is 0.272 e. The number of para-hydroxylation sites is 2. The molecule has 146 valence electrons. The fraction of sp³-hybridized carbons (Fsp3) is 0.227. The molecule has 1 fully saturated rings. The van der Waals surface area contributed by atoms with Crippen LogP contribution in [0.2, 0.25) is 0 Å². The predicted molar refractivity (Wildman–Crippen MR) is 118 cm³/mol. The molecule has 0 atom stereocenters. The molecule has 3 heterocycles. The molecule has 1 aliphatic rings. The minimum atomic E-state index is 0.0175. The largest absolute Gasteiger partial charge is 0.337 e. The molecule has 2 aromatic heterocycles. The number of aromatic amines is 1. The number of carbonyl (C=O) groups is 1. The molecule has 7 heteroatoms. The van der Waals surface area contributed by atoms with E-state index in [0.29, 0.717) is 16.4 Å². The summed E-state index contributed by atoms with van der Waals surface area (Å²) in [5.41, 5.74) is 2.55. The minimum absolute atomic E-state index is 0.0175. The van der Waals surface area contributed by atoms with Gasteiger partial charge in [0, 0.05) is 30.9 Å². The Bertz CT molecular complexity index is 1180. The quantitative estimate of drug-likeness (QED) is 0.466. The molecule has 1 aliphatic heterocycles. The second-order valence-corrected chi connectivity index (χ2v) is 8.69. The van der Waals surface area contributed by atoms with E-state index in [0.717, 1.165) is 37.1 Å². The topological polar surface area (TPSA) is 53.9 Å². The molecule has 2 aromatic carbocycles. The number of likely N-dealkylation sites (tertiary alicyclic amines) is 1. The Kier molecular flexibility index (Phi) is 4.77. The molecule has 0 spiro atoms. The van der Waals surface area contributed by atoms with Crippen LogP contribution in [0.25, 0.3) is 15.9 Å². The normalized spacial score (nSPS) is 15.1. The third kappa shape index (κ3) is 3.41. The van der Waals surface area contributed by atoms with Gasteiger partial charge in [0.15, 0.2) is 4.77 Å². The number of carbonyl (C=O) groups excluding carboxylic acids is 1. The molecule has 5 nitrogen and oxygen atoms in total. The van der Waals surface area contributed by atoms with E-state index >= 15 is 0 Å². The van der Waals surface area contributed by atoms with E-state index in [1.54, 1.807) is 17.5 Å². The molecule has 1 N–H and O–H groups in total. The molecule has 5 rings (SSSR count). The van der Waals surface area contributed by atoms with Crippen LogP contribution >= 0.6 is 23.6 Å². The number of benzene rings is 2. The van der Waals surface area contributed by atoms with E-state index < -0.39 is 0 Å². The van der Waals surface area contributed by atoms with Crippen molar-refractivity contribution >= 4 is 39.7 Å². The number of imidazole rings is 1. The molecule has 1 amide bonds. The van der Waals surface area contributed by atoms with Gasteiger partial charge in [0.2, 0.25) is 0 Å². The lowest BCUT2D eigenvalue weighted by Crippen LogP contribution is -2.38. The highest BCUT2D eigenvalue weighted by molar-refractivity contribution is 7.71. The van der Waals surface area contributed by atoms with E-state index in [-0.39, 0.29) is 5.91 Å². The van der Waals surface area contributed by atoms with Crippen molar-refractivity contribution in [2.75, 3.05) is 13.1 Å². The Morgan fingerprint density at radius 3 is 2.55 bits per heavy atom. The van der Waals surface area contributed by atoms with E-state index in [9.17, 15) is 4.79 Å². The summed E-state index contributed by atoms with van der Waals surface area (Å²) >= 11 is 7.19. The van der Waals surface area contributed by atoms with Gasteiger partial charge < -0.3 is 9.88 Å². The van der Waals surface area contributed by atoms with Crippen molar-refractivity contribution < 1.29 is 4.79 Å². The lowest BCUT2D eigenvalue weighted by Gasteiger charge is -2.31. The molecule has 0 saturated carbocycles. The molecule has 0 radical (unpaired) electrons. The Hall–Kier alpha value is -2.77. The first-order valence-corrected chi connectivity index (χ1v) is 10.9.